The summed E-state index contributed by atoms with van der Waals surface area (Å²) in [6.07, 6.45) is 6.27. The van der Waals surface area contributed by atoms with Gasteiger partial charge in [-0.05, 0) is 240 Å². The Morgan fingerprint density at radius 1 is 0.400 bits per heavy atom. The molecule has 0 fully saturated rings. The normalized spacial score (nSPS) is 11.3. The van der Waals surface area contributed by atoms with Crippen LogP contribution in [-0.2, 0) is 131 Å². The first-order valence-electron chi connectivity index (χ1n) is 36.2. The first-order chi connectivity index (χ1) is 50.8. The van der Waals surface area contributed by atoms with E-state index in [0.717, 1.165) is 71.2 Å². The van der Waals surface area contributed by atoms with Crippen molar-refractivity contribution in [1.82, 2.24) is 8.75 Å². The van der Waals surface area contributed by atoms with Crippen molar-refractivity contribution in [3.63, 3.8) is 0 Å². The van der Waals surface area contributed by atoms with Crippen molar-refractivity contribution in [2.45, 2.75) is 151 Å². The van der Waals surface area contributed by atoms with Crippen LogP contribution in [0.25, 0.3) is 97.8 Å². The number of ether oxygens (including phenoxy) is 4. The van der Waals surface area contributed by atoms with Gasteiger partial charge in [0.05, 0.1) is 34.3 Å². The first kappa shape index (κ1) is 94.5. The summed E-state index contributed by atoms with van der Waals surface area (Å²) in [5.74, 6) is 5.15. The summed E-state index contributed by atoms with van der Waals surface area (Å²) in [5, 5.41) is 15.6. The van der Waals surface area contributed by atoms with E-state index in [4.69, 9.17) is 18.9 Å². The summed E-state index contributed by atoms with van der Waals surface area (Å²) in [4.78, 5) is 11.0. The fourth-order valence-electron chi connectivity index (χ4n) is 12.5. The predicted octanol–water partition coefficient (Wildman–Crippen LogP) is 31.0. The molecule has 566 valence electrons. The molecule has 0 N–H and O–H groups in total. The van der Waals surface area contributed by atoms with Crippen molar-refractivity contribution in [3.05, 3.63) is 222 Å². The molecule has 18 rings (SSSR count). The smallest absolute Gasteiger partial charge is 0.175 e. The molecule has 1 aliphatic heterocycles. The zero-order valence-electron chi connectivity index (χ0n) is 67.2. The molecule has 1 aliphatic rings. The van der Waals surface area contributed by atoms with Gasteiger partial charge < -0.3 is 18.9 Å². The summed E-state index contributed by atoms with van der Waals surface area (Å²) < 4.78 is 43.0. The molecule has 0 amide bonds. The summed E-state index contributed by atoms with van der Waals surface area (Å²) in [6.45, 7) is 45.7. The minimum absolute atomic E-state index is 0. The second kappa shape index (κ2) is 44.2. The standard InChI is InChI=1S/C20H32O2.C15H13.C11H9S2.C10H8S3.C10H10S.C8H8N2S.C8H10O2S.C8H8S2.4Y/c1-7-8-18-14-19(21-11-9-15(2)3)17(6)13-20(18)22-12-10-16(4)5;1-10-3-5-14-12(7-10)9-13-8-11(2)4-6-15(13)14;1-6-3-8-5-9-4-7(2)13-11(9)10(8)12-6;1-5-3-7-9(11-5)10-8(13-7)4-6(2)12-10;1-7-3-4-8(2)10-6-11-5-9(7)10;1-5-3-4-6(2)8-7(5)9-11-10-8;1-5-7-8(6(2)11-5)10-4-3-9-7;1-5-3-7-8(9-5)4-6(2)10-7;;;;/h7-8,13-16H,9-12H2,1-6H3;3-9H,1-2H3;3-5H,1-2H3;3-4H,1-2H3;3-6H,1-2H3;3-4H,1-2H3;3-4H2,1-2H3;3-4H,1-2H3;;;;/q;2*-1;;;;;;;;;/b8-7+;;;;;;;;;;;. The van der Waals surface area contributed by atoms with E-state index in [0.29, 0.717) is 25.0 Å². The fourth-order valence-corrected chi connectivity index (χ4v) is 23.3. The zero-order valence-corrected chi connectivity index (χ0v) is 86.7. The number of fused-ring (bicyclic) bond motifs is 13. The molecule has 0 aliphatic carbocycles. The van der Waals surface area contributed by atoms with E-state index in [1.54, 1.807) is 22.7 Å². The van der Waals surface area contributed by atoms with Crippen LogP contribution in [0.15, 0.2) is 138 Å². The first-order valence-corrected chi connectivity index (χ1v) is 44.4. The molecule has 17 aromatic rings. The molecule has 4 radical (unpaired) electrons. The van der Waals surface area contributed by atoms with E-state index in [1.165, 1.54) is 165 Å². The SMILES string of the molecule is C/C=C/c1cc(OCCC(C)C)c(C)cc1OCCC(C)C.Cc1cc2[cH-]c3cc(C)sc3c2s1.Cc1cc2sc(C)cc2s1.Cc1cc2sc3cc(C)sc3c2s1.Cc1ccc(C)c2cscc12.Cc1ccc(C)c2nsnc12.Cc1ccc2c(c1)[cH-]c1cc(C)ccc12.Cc1sc(C)c2c1OCCO2.[Y].[Y].[Y].[Y]. The average molecular weight is 1950 g/mol. The van der Waals surface area contributed by atoms with Gasteiger partial charge in [-0.25, -0.2) is 0 Å². The molecule has 6 nitrogen and oxygen atoms in total. The molecule has 10 aromatic heterocycles. The van der Waals surface area contributed by atoms with E-state index in [-0.39, 0.29) is 131 Å². The number of allylic oxidation sites excluding steroid dienone is 1. The Hall–Kier alpha value is -2.64. The number of hydrogen-bond donors (Lipinski definition) is 0. The van der Waals surface area contributed by atoms with Gasteiger partial charge in [0.2, 0.25) is 0 Å². The van der Waals surface area contributed by atoms with E-state index >= 15 is 0 Å². The summed E-state index contributed by atoms with van der Waals surface area (Å²) in [6, 6.07) is 44.3. The molecule has 0 spiro atoms. The van der Waals surface area contributed by atoms with Gasteiger partial charge in [0.25, 0.3) is 0 Å². The maximum atomic E-state index is 5.97. The topological polar surface area (TPSA) is 62.7 Å². The third kappa shape index (κ3) is 24.7. The number of benzene rings is 5. The van der Waals surface area contributed by atoms with Crippen LogP contribution in [0.5, 0.6) is 23.0 Å². The van der Waals surface area contributed by atoms with Crippen molar-refractivity contribution < 1.29 is 150 Å². The molecule has 0 unspecified atom stereocenters. The van der Waals surface area contributed by atoms with Gasteiger partial charge in [0.1, 0.15) is 35.7 Å². The minimum Gasteiger partial charge on any atom is -0.493 e. The summed E-state index contributed by atoms with van der Waals surface area (Å²) >= 11 is 18.2. The van der Waals surface area contributed by atoms with Crippen molar-refractivity contribution in [1.29, 1.82) is 0 Å². The Bertz CT molecular complexity index is 5320. The molecule has 0 saturated carbocycles. The summed E-state index contributed by atoms with van der Waals surface area (Å²) in [5.41, 5.74) is 12.2. The van der Waals surface area contributed by atoms with Crippen LogP contribution in [0.4, 0.5) is 0 Å². The maximum absolute atomic E-state index is 5.97. The molecule has 0 bridgehead atoms. The van der Waals surface area contributed by atoms with Crippen LogP contribution in [0, 0.1) is 116 Å². The van der Waals surface area contributed by atoms with Gasteiger partial charge in [-0.1, -0.05) is 99.5 Å². The van der Waals surface area contributed by atoms with Gasteiger partial charge in [-0.3, -0.25) is 0 Å². The monoisotopic (exact) mass is 1950 g/mol. The van der Waals surface area contributed by atoms with Gasteiger partial charge >= 0.3 is 0 Å². The van der Waals surface area contributed by atoms with E-state index in [1.807, 2.05) is 92.4 Å². The van der Waals surface area contributed by atoms with Gasteiger partial charge in [-0.2, -0.15) is 42.8 Å². The Balaban J connectivity index is 0.000000176. The van der Waals surface area contributed by atoms with Crippen molar-refractivity contribution in [2.75, 3.05) is 26.4 Å². The molecular weight excluding hydrogens is 1850 g/mol. The molecule has 0 saturated heterocycles. The van der Waals surface area contributed by atoms with Crippen molar-refractivity contribution in [3.8, 4) is 23.0 Å². The Labute approximate surface area is 792 Å². The number of aryl methyl sites for hydroxylation is 15. The molecule has 20 heteroatoms. The largest absolute Gasteiger partial charge is 0.493 e. The number of aromatic nitrogens is 2. The molecular formula is C90H98N2O4S10Y4-2. The zero-order chi connectivity index (χ0) is 75.6. The number of nitrogens with zero attached hydrogens (tertiary/aromatic N) is 2. The molecule has 0 atom stereocenters. The van der Waals surface area contributed by atoms with Crippen molar-refractivity contribution >= 4 is 212 Å². The second-order valence-corrected chi connectivity index (χ2v) is 39.6. The molecule has 110 heavy (non-hydrogen) atoms. The molecule has 7 aromatic carbocycles. The second-order valence-electron chi connectivity index (χ2n) is 28.2. The van der Waals surface area contributed by atoms with E-state index in [9.17, 15) is 0 Å². The Kier molecular flexibility index (Phi) is 38.0. The van der Waals surface area contributed by atoms with E-state index in [2.05, 4.69) is 278 Å². The third-order valence-corrected chi connectivity index (χ3v) is 28.3. The summed E-state index contributed by atoms with van der Waals surface area (Å²) in [7, 11) is 0. The van der Waals surface area contributed by atoms with E-state index < -0.39 is 0 Å². The maximum Gasteiger partial charge on any atom is 0.175 e. The minimum atomic E-state index is 0. The fraction of sp³-hybridized carbons (Fsp3) is 0.311. The van der Waals surface area contributed by atoms with Gasteiger partial charge in [0.15, 0.2) is 11.5 Å². The van der Waals surface area contributed by atoms with Crippen LogP contribution >= 0.6 is 114 Å². The number of thiophene rings is 9. The Morgan fingerprint density at radius 2 is 0.800 bits per heavy atom. The third-order valence-electron chi connectivity index (χ3n) is 18.0. The average Bonchev–Trinajstić information content (AvgIpc) is 1.62. The van der Waals surface area contributed by atoms with Crippen LogP contribution in [0.2, 0.25) is 0 Å². The quantitative estimate of drug-likeness (QED) is 0.134. The van der Waals surface area contributed by atoms with Gasteiger partial charge in [-0.15, -0.1) is 137 Å². The molecule has 11 heterocycles. The van der Waals surface area contributed by atoms with Crippen molar-refractivity contribution in [2.24, 2.45) is 11.8 Å². The van der Waals surface area contributed by atoms with Crippen LogP contribution in [0.3, 0.4) is 0 Å². The van der Waals surface area contributed by atoms with Crippen LogP contribution < -0.4 is 18.9 Å². The van der Waals surface area contributed by atoms with Gasteiger partial charge in [0, 0.05) is 184 Å². The predicted molar refractivity (Wildman–Crippen MR) is 481 cm³/mol. The van der Waals surface area contributed by atoms with Crippen LogP contribution in [0.1, 0.15) is 131 Å². The Morgan fingerprint density at radius 3 is 1.25 bits per heavy atom. The number of rotatable bonds is 9. The number of hydrogen-bond acceptors (Lipinski definition) is 16. The van der Waals surface area contributed by atoms with Crippen LogP contribution in [-0.4, -0.2) is 35.2 Å².